The third kappa shape index (κ3) is 0.879. The van der Waals surface area contributed by atoms with E-state index in [1.807, 2.05) is 0 Å². The fourth-order valence-electron chi connectivity index (χ4n) is 0.818. The van der Waals surface area contributed by atoms with Crippen molar-refractivity contribution in [3.8, 4) is 0 Å². The zero-order valence-electron chi connectivity index (χ0n) is 6.46. The Kier molecular flexibility index (Phi) is 2.01. The highest BCUT2D eigenvalue weighted by Gasteiger charge is 2.75. The van der Waals surface area contributed by atoms with Crippen LogP contribution in [0.4, 0.5) is 17.6 Å². The molecule has 0 N–H and O–H groups in total. The van der Waals surface area contributed by atoms with Crippen molar-refractivity contribution < 1.29 is 34.4 Å². The van der Waals surface area contributed by atoms with E-state index in [9.17, 15) is 34.4 Å². The highest BCUT2D eigenvalue weighted by molar-refractivity contribution is 8.17. The molecule has 1 saturated heterocycles. The molecule has 0 atom stereocenters. The Balaban J connectivity index is 3.73. The maximum Gasteiger partial charge on any atom is 0.394 e. The molecule has 0 aromatic rings. The van der Waals surface area contributed by atoms with Crippen LogP contribution in [0.15, 0.2) is 0 Å². The number of alkyl halides is 4. The predicted octanol–water partition coefficient (Wildman–Crippen LogP) is 0.525. The Morgan fingerprint density at radius 1 is 0.857 bits per heavy atom. The fourth-order valence-corrected chi connectivity index (χ4v) is 4.61. The lowest BCUT2D eigenvalue weighted by Gasteiger charge is -2.17. The van der Waals surface area contributed by atoms with E-state index in [0.717, 1.165) is 0 Å². The molecule has 1 rings (SSSR count). The Morgan fingerprint density at radius 3 is 1.14 bits per heavy atom. The largest absolute Gasteiger partial charge is 0.394 e. The average molecular weight is 255 g/mol. The summed E-state index contributed by atoms with van der Waals surface area (Å²) in [7, 11) is -11.5. The molecule has 0 unspecified atom stereocenters. The zero-order chi connectivity index (χ0) is 11.6. The molecule has 1 heterocycles. The van der Waals surface area contributed by atoms with Gasteiger partial charge in [0.2, 0.25) is 0 Å². The quantitative estimate of drug-likeness (QED) is 0.467. The van der Waals surface area contributed by atoms with Crippen LogP contribution in [0, 0.1) is 4.58 Å². The first-order valence-electron chi connectivity index (χ1n) is 2.99. The molecule has 14 heavy (non-hydrogen) atoms. The van der Waals surface area contributed by atoms with Gasteiger partial charge in [-0.3, -0.25) is 16.8 Å². The highest BCUT2D eigenvalue weighted by atomic mass is 32.3. The van der Waals surface area contributed by atoms with Gasteiger partial charge in [-0.25, -0.2) is 0 Å². The highest BCUT2D eigenvalue weighted by Crippen LogP contribution is 2.56. The number of hydrogen-bond acceptors (Lipinski definition) is 4. The normalized spacial score (nSPS) is 32.9. The standard InChI is InChI=1S/C4H3F4O4S2/c1-2-13(9,10)3(5,6)4(7,8)14(2,11)12/h1H3/q-1. The van der Waals surface area contributed by atoms with E-state index >= 15 is 0 Å². The SMILES string of the molecule is C[C-]1S(=O)(=O)C(F)(F)C(F)(F)S1(=O)=O. The Hall–Kier alpha value is -0.380. The van der Waals surface area contributed by atoms with Crippen molar-refractivity contribution in [3.05, 3.63) is 4.58 Å². The molecule has 0 radical (unpaired) electrons. The minimum atomic E-state index is -5.77. The Morgan fingerprint density at radius 2 is 1.07 bits per heavy atom. The molecule has 0 spiro atoms. The van der Waals surface area contributed by atoms with E-state index in [1.54, 1.807) is 0 Å². The molecular weight excluding hydrogens is 252 g/mol. The smallest absolute Gasteiger partial charge is 0.255 e. The summed E-state index contributed by atoms with van der Waals surface area (Å²) in [6.07, 6.45) is 0. The molecule has 1 aliphatic rings. The topological polar surface area (TPSA) is 68.3 Å². The van der Waals surface area contributed by atoms with Crippen LogP contribution in [-0.4, -0.2) is 27.3 Å². The van der Waals surface area contributed by atoms with Crippen molar-refractivity contribution in [3.63, 3.8) is 0 Å². The Bertz CT molecular complexity index is 418. The second-order valence-corrected chi connectivity index (χ2v) is 7.05. The van der Waals surface area contributed by atoms with E-state index in [4.69, 9.17) is 0 Å². The molecule has 0 aromatic carbocycles. The van der Waals surface area contributed by atoms with Gasteiger partial charge in [0, 0.05) is 0 Å². The Labute approximate surface area is 76.7 Å². The van der Waals surface area contributed by atoms with Gasteiger partial charge < -0.3 is 0 Å². The molecule has 84 valence electrons. The van der Waals surface area contributed by atoms with Gasteiger partial charge in [-0.2, -0.15) is 24.5 Å². The predicted molar refractivity (Wildman–Crippen MR) is 36.7 cm³/mol. The number of halogens is 4. The third-order valence-electron chi connectivity index (χ3n) is 1.77. The zero-order valence-corrected chi connectivity index (χ0v) is 8.09. The molecule has 4 nitrogen and oxygen atoms in total. The summed E-state index contributed by atoms with van der Waals surface area (Å²) in [5, 5.41) is -11.2. The fraction of sp³-hybridized carbons (Fsp3) is 0.750. The van der Waals surface area contributed by atoms with E-state index < -0.39 is 34.8 Å². The lowest BCUT2D eigenvalue weighted by atomic mass is 10.7. The van der Waals surface area contributed by atoms with Crippen molar-refractivity contribution in [1.82, 2.24) is 0 Å². The van der Waals surface area contributed by atoms with Crippen LogP contribution in [0.3, 0.4) is 0 Å². The van der Waals surface area contributed by atoms with E-state index in [0.29, 0.717) is 0 Å². The molecule has 1 aliphatic heterocycles. The van der Waals surface area contributed by atoms with Crippen LogP contribution in [0.2, 0.25) is 0 Å². The summed E-state index contributed by atoms with van der Waals surface area (Å²) in [5.41, 5.74) is 0. The van der Waals surface area contributed by atoms with Crippen LogP contribution < -0.4 is 0 Å². The molecule has 0 saturated carbocycles. The lowest BCUT2D eigenvalue weighted by Crippen LogP contribution is -2.42. The van der Waals surface area contributed by atoms with Gasteiger partial charge >= 0.3 is 10.5 Å². The second kappa shape index (κ2) is 2.40. The van der Waals surface area contributed by atoms with Gasteiger partial charge in [0.05, 0.1) is 0 Å². The van der Waals surface area contributed by atoms with Crippen LogP contribution in [0.25, 0.3) is 0 Å². The van der Waals surface area contributed by atoms with Gasteiger partial charge in [0.1, 0.15) is 19.7 Å². The molecule has 1 fully saturated rings. The van der Waals surface area contributed by atoms with Gasteiger partial charge in [0.15, 0.2) is 0 Å². The maximum absolute atomic E-state index is 12.5. The maximum atomic E-state index is 12.5. The van der Waals surface area contributed by atoms with Crippen molar-refractivity contribution in [2.24, 2.45) is 0 Å². The molecule has 0 aromatic heterocycles. The molecule has 10 heteroatoms. The van der Waals surface area contributed by atoms with Gasteiger partial charge in [-0.1, -0.05) is 4.58 Å². The van der Waals surface area contributed by atoms with Crippen LogP contribution in [0.1, 0.15) is 6.92 Å². The van der Waals surface area contributed by atoms with Crippen LogP contribution in [-0.2, 0) is 19.7 Å². The van der Waals surface area contributed by atoms with Crippen molar-refractivity contribution in [2.45, 2.75) is 17.4 Å². The van der Waals surface area contributed by atoms with Crippen molar-refractivity contribution >= 4 is 19.7 Å². The summed E-state index contributed by atoms with van der Waals surface area (Å²) < 4.78 is 90.5. The third-order valence-corrected chi connectivity index (χ3v) is 6.59. The first-order valence-corrected chi connectivity index (χ1v) is 5.96. The molecule has 0 aliphatic carbocycles. The average Bonchev–Trinajstić information content (AvgIpc) is 2.05. The summed E-state index contributed by atoms with van der Waals surface area (Å²) in [6, 6.07) is 0. The second-order valence-electron chi connectivity index (χ2n) is 2.53. The first-order chi connectivity index (χ1) is 5.90. The summed E-state index contributed by atoms with van der Waals surface area (Å²) in [4.78, 5) is 0. The first kappa shape index (κ1) is 11.7. The number of sulfone groups is 2. The lowest BCUT2D eigenvalue weighted by molar-refractivity contribution is -0.0920. The van der Waals surface area contributed by atoms with Crippen molar-refractivity contribution in [1.29, 1.82) is 0 Å². The van der Waals surface area contributed by atoms with Gasteiger partial charge in [-0.15, -0.1) is 0 Å². The van der Waals surface area contributed by atoms with E-state index in [2.05, 4.69) is 0 Å². The van der Waals surface area contributed by atoms with E-state index in [1.165, 1.54) is 0 Å². The molecule has 0 bridgehead atoms. The van der Waals surface area contributed by atoms with Gasteiger partial charge in [-0.05, 0) is 0 Å². The van der Waals surface area contributed by atoms with Crippen molar-refractivity contribution in [2.75, 3.05) is 0 Å². The monoisotopic (exact) mass is 255 g/mol. The number of hydrogen-bond donors (Lipinski definition) is 0. The summed E-state index contributed by atoms with van der Waals surface area (Å²) in [6.45, 7) is 0.208. The summed E-state index contributed by atoms with van der Waals surface area (Å²) >= 11 is 0. The number of rotatable bonds is 0. The van der Waals surface area contributed by atoms with Gasteiger partial charge in [0.25, 0.3) is 0 Å². The molecule has 0 amide bonds. The van der Waals surface area contributed by atoms with Crippen LogP contribution >= 0.6 is 0 Å². The van der Waals surface area contributed by atoms with E-state index in [-0.39, 0.29) is 6.92 Å². The summed E-state index contributed by atoms with van der Waals surface area (Å²) in [5.74, 6) is 0. The molecular formula is C4H3F4O4S2-. The minimum Gasteiger partial charge on any atom is -0.255 e. The van der Waals surface area contributed by atoms with Crippen LogP contribution in [0.5, 0.6) is 0 Å². The minimum absolute atomic E-state index is 0.208.